The summed E-state index contributed by atoms with van der Waals surface area (Å²) >= 11 is 0. The van der Waals surface area contributed by atoms with Gasteiger partial charge < -0.3 is 10.4 Å². The maximum absolute atomic E-state index is 10.1. The molecule has 0 aromatic rings. The second-order valence-corrected chi connectivity index (χ2v) is 1.58. The van der Waals surface area contributed by atoms with Crippen LogP contribution >= 0.6 is 0 Å². The van der Waals surface area contributed by atoms with Crippen LogP contribution in [0.4, 0.5) is 0 Å². The van der Waals surface area contributed by atoms with E-state index in [1.807, 2.05) is 0 Å². The maximum atomic E-state index is 10.1. The van der Waals surface area contributed by atoms with Crippen LogP contribution in [0.2, 0.25) is 0 Å². The van der Waals surface area contributed by atoms with Gasteiger partial charge in [0.25, 0.3) is 5.97 Å². The fourth-order valence-electron chi connectivity index (χ4n) is 0.585. The van der Waals surface area contributed by atoms with Crippen molar-refractivity contribution in [2.75, 3.05) is 6.54 Å². The summed E-state index contributed by atoms with van der Waals surface area (Å²) in [6.45, 7) is 0.553. The van der Waals surface area contributed by atoms with Crippen LogP contribution in [0.15, 0.2) is 12.2 Å². The summed E-state index contributed by atoms with van der Waals surface area (Å²) in [6, 6.07) is -0.574. The Hall–Kier alpha value is 0.612. The fourth-order valence-corrected chi connectivity index (χ4v) is 0.585. The van der Waals surface area contributed by atoms with Gasteiger partial charge in [0.05, 0.1) is 0 Å². The number of carboxylic acids is 1. The van der Waals surface area contributed by atoms with Crippen LogP contribution in [-0.2, 0) is 4.79 Å². The van der Waals surface area contributed by atoms with Gasteiger partial charge >= 0.3 is 0 Å². The van der Waals surface area contributed by atoms with Gasteiger partial charge in [0.15, 0.2) is 0 Å². The Morgan fingerprint density at radius 3 is 2.67 bits per heavy atom. The molecule has 1 heterocycles. The fraction of sp³-hybridized carbons (Fsp3) is 0.400. The number of rotatable bonds is 1. The van der Waals surface area contributed by atoms with E-state index >= 15 is 0 Å². The Morgan fingerprint density at radius 2 is 2.44 bits per heavy atom. The van der Waals surface area contributed by atoms with Crippen LogP contribution in [0.5, 0.6) is 0 Å². The Morgan fingerprint density at radius 1 is 1.78 bits per heavy atom. The molecule has 47 valence electrons. The van der Waals surface area contributed by atoms with Gasteiger partial charge in [-0.1, -0.05) is 6.08 Å². The van der Waals surface area contributed by atoms with Crippen molar-refractivity contribution in [3.8, 4) is 0 Å². The van der Waals surface area contributed by atoms with Crippen molar-refractivity contribution in [1.82, 2.24) is 0 Å². The van der Waals surface area contributed by atoms with Gasteiger partial charge in [-0.15, -0.1) is 12.6 Å². The smallest absolute Gasteiger partial charge is 0.289 e. The Bertz CT molecular complexity index is 135. The molecular weight excluding hydrogens is 333 g/mol. The van der Waals surface area contributed by atoms with Crippen molar-refractivity contribution in [3.63, 3.8) is 0 Å². The van der Waals surface area contributed by atoms with Crippen molar-refractivity contribution in [1.29, 1.82) is 0 Å². The molecule has 1 radical (unpaired) electrons. The molecule has 0 bridgehead atoms. The van der Waals surface area contributed by atoms with E-state index in [0.717, 1.165) is 0 Å². The molecular formula is C5H6AcNO2-. The molecule has 0 aromatic carbocycles. The number of hydrogen-bond acceptors (Lipinski definition) is 1. The third kappa shape index (κ3) is 2.79. The summed E-state index contributed by atoms with van der Waals surface area (Å²) in [4.78, 5) is 10.1. The van der Waals surface area contributed by atoms with Crippen LogP contribution in [-0.4, -0.2) is 23.7 Å². The number of aliphatic carboxylic acids is 1. The van der Waals surface area contributed by atoms with Crippen LogP contribution in [0, 0.1) is 44.1 Å². The SMILES string of the molecule is O=C(O)C1C=CC[N-]1.[Ac]. The monoisotopic (exact) mass is 339 g/mol. The quantitative estimate of drug-likeness (QED) is 0.703. The topological polar surface area (TPSA) is 51.4 Å². The van der Waals surface area contributed by atoms with Gasteiger partial charge in [-0.2, -0.15) is 0 Å². The van der Waals surface area contributed by atoms with Crippen molar-refractivity contribution in [3.05, 3.63) is 17.5 Å². The molecule has 1 atom stereocenters. The molecule has 1 N–H and O–H groups in total. The minimum absolute atomic E-state index is 0. The zero-order valence-electron chi connectivity index (χ0n) is 4.82. The standard InChI is InChI=1S/C5H6NO2.Ac/c7-5(8)4-2-1-3-6-4;/h1-2,4H,3H2,(H,7,8);/q-1;. The van der Waals surface area contributed by atoms with E-state index in [9.17, 15) is 4.79 Å². The third-order valence-electron chi connectivity index (χ3n) is 0.979. The Labute approximate surface area is 89.1 Å². The molecule has 0 saturated carbocycles. The first-order chi connectivity index (χ1) is 3.80. The van der Waals surface area contributed by atoms with Crippen LogP contribution in [0.1, 0.15) is 0 Å². The zero-order valence-corrected chi connectivity index (χ0v) is 9.56. The molecule has 0 aromatic heterocycles. The molecule has 3 nitrogen and oxygen atoms in total. The molecule has 1 aliphatic heterocycles. The molecule has 1 aliphatic rings. The first-order valence-electron chi connectivity index (χ1n) is 2.37. The predicted molar refractivity (Wildman–Crippen MR) is 28.8 cm³/mol. The van der Waals surface area contributed by atoms with Crippen LogP contribution in [0.3, 0.4) is 0 Å². The number of carboxylic acid groups (broad SMARTS) is 1. The molecule has 1 rings (SSSR count). The first-order valence-corrected chi connectivity index (χ1v) is 2.37. The largest absolute Gasteiger partial charge is 0.644 e. The average Bonchev–Trinajstić information content (AvgIpc) is 2.12. The average molecular weight is 339 g/mol. The number of nitrogens with zero attached hydrogens (tertiary/aromatic N) is 1. The Kier molecular flexibility index (Phi) is 4.73. The van der Waals surface area contributed by atoms with Gasteiger partial charge in [0.2, 0.25) is 0 Å². The first kappa shape index (κ1) is 9.61. The van der Waals surface area contributed by atoms with E-state index in [1.54, 1.807) is 12.2 Å². The minimum Gasteiger partial charge on any atom is -0.644 e. The molecule has 1 unspecified atom stereocenters. The van der Waals surface area contributed by atoms with Crippen molar-refractivity contribution < 1.29 is 54.0 Å². The molecule has 0 fully saturated rings. The van der Waals surface area contributed by atoms with E-state index in [0.29, 0.717) is 6.54 Å². The maximum Gasteiger partial charge on any atom is 0.289 e. The van der Waals surface area contributed by atoms with Crippen LogP contribution in [0.25, 0.3) is 5.32 Å². The number of carbonyl (C=O) groups is 1. The molecule has 9 heavy (non-hydrogen) atoms. The minimum atomic E-state index is -0.862. The summed E-state index contributed by atoms with van der Waals surface area (Å²) < 4.78 is 0. The predicted octanol–water partition coefficient (Wildman–Crippen LogP) is 0.383. The van der Waals surface area contributed by atoms with Gasteiger partial charge in [0.1, 0.15) is 0 Å². The second-order valence-electron chi connectivity index (χ2n) is 1.58. The third-order valence-corrected chi connectivity index (χ3v) is 0.979. The van der Waals surface area contributed by atoms with Gasteiger partial charge in [-0.25, -0.2) is 0 Å². The van der Waals surface area contributed by atoms with Gasteiger partial charge in [-0.05, 0) is 6.04 Å². The summed E-state index contributed by atoms with van der Waals surface area (Å²) in [5.74, 6) is -0.862. The van der Waals surface area contributed by atoms with E-state index in [1.165, 1.54) is 0 Å². The molecule has 0 amide bonds. The Balaban J connectivity index is 0.000000640. The summed E-state index contributed by atoms with van der Waals surface area (Å²) in [5.41, 5.74) is 0. The van der Waals surface area contributed by atoms with Gasteiger partial charge in [0, 0.05) is 44.1 Å². The van der Waals surface area contributed by atoms with Gasteiger partial charge in [-0.3, -0.25) is 4.79 Å². The van der Waals surface area contributed by atoms with Crippen molar-refractivity contribution >= 4 is 5.97 Å². The molecule has 0 saturated heterocycles. The van der Waals surface area contributed by atoms with E-state index in [2.05, 4.69) is 5.32 Å². The van der Waals surface area contributed by atoms with E-state index < -0.39 is 12.0 Å². The second kappa shape index (κ2) is 4.43. The van der Waals surface area contributed by atoms with E-state index in [4.69, 9.17) is 5.11 Å². The normalized spacial score (nSPS) is 23.3. The van der Waals surface area contributed by atoms with Crippen molar-refractivity contribution in [2.24, 2.45) is 0 Å². The summed E-state index contributed by atoms with van der Waals surface area (Å²) in [6.07, 6.45) is 3.33. The van der Waals surface area contributed by atoms with Crippen molar-refractivity contribution in [2.45, 2.75) is 6.04 Å². The zero-order chi connectivity index (χ0) is 5.98. The molecule has 4 heteroatoms. The molecule has 0 aliphatic carbocycles. The number of hydrogen-bond donors (Lipinski definition) is 1. The molecule has 0 spiro atoms. The summed E-state index contributed by atoms with van der Waals surface area (Å²) in [5, 5.41) is 12.0. The summed E-state index contributed by atoms with van der Waals surface area (Å²) in [7, 11) is 0. The van der Waals surface area contributed by atoms with Crippen LogP contribution < -0.4 is 0 Å². The van der Waals surface area contributed by atoms with E-state index in [-0.39, 0.29) is 44.1 Å².